The number of hydrogen-bond acceptors (Lipinski definition) is 0. The molecule has 0 amide bonds. The Morgan fingerprint density at radius 3 is 1.04 bits per heavy atom. The number of hydrogen-bond donors (Lipinski definition) is 0. The fraction of sp³-hybridized carbons (Fsp3) is 0.326. The quantitative estimate of drug-likeness (QED) is 0.157. The molecule has 0 spiro atoms. The molecule has 6 aromatic rings. The molecule has 49 heavy (non-hydrogen) atoms. The Balaban J connectivity index is 0.000000235. The van der Waals surface area contributed by atoms with Gasteiger partial charge in [0.1, 0.15) is 0 Å². The van der Waals surface area contributed by atoms with Crippen molar-refractivity contribution in [3.05, 3.63) is 135 Å². The Morgan fingerprint density at radius 2 is 0.776 bits per heavy atom. The second kappa shape index (κ2) is 18.2. The maximum absolute atomic E-state index is 4.93. The third-order valence-electron chi connectivity index (χ3n) is 9.52. The van der Waals surface area contributed by atoms with Crippen molar-refractivity contribution in [2.75, 3.05) is 0 Å². The van der Waals surface area contributed by atoms with Crippen LogP contribution in [0, 0.1) is 62.3 Å². The van der Waals surface area contributed by atoms with Crippen molar-refractivity contribution in [2.45, 2.75) is 102 Å². The molecule has 6 rings (SSSR count). The van der Waals surface area contributed by atoms with Crippen LogP contribution in [-0.4, -0.2) is 0 Å². The average Bonchev–Trinajstić information content (AvgIpc) is 3.68. The summed E-state index contributed by atoms with van der Waals surface area (Å²) in [5, 5.41) is 5.63. The standard InChI is InChI=1S/2C22H25.C2H5.2ClH.Zr/c2*1-13(2)18-11-20-17(6)16(5)10-21(22(20)12-18)19-8-14(3)7-15(4)9-19;1-2;;;/h2*7-13H,1-6H3;1H2,2H3;2*1H;/q3*-1;;;+2/p-2. The molecule has 0 unspecified atom stereocenters. The minimum atomic E-state index is -0.826. The molecule has 0 N–H and O–H groups in total. The van der Waals surface area contributed by atoms with E-state index in [-0.39, 0.29) is 0 Å². The van der Waals surface area contributed by atoms with Gasteiger partial charge in [0, 0.05) is 0 Å². The summed E-state index contributed by atoms with van der Waals surface area (Å²) in [5.74, 6) is 1.14. The molecule has 0 heterocycles. The topological polar surface area (TPSA) is 0 Å². The second-order valence-corrected chi connectivity index (χ2v) is 17.8. The Kier molecular flexibility index (Phi) is 15.2. The molecule has 6 aromatic carbocycles. The normalized spacial score (nSPS) is 10.8. The van der Waals surface area contributed by atoms with Crippen molar-refractivity contribution in [3.8, 4) is 22.3 Å². The molecule has 0 aromatic heterocycles. The maximum atomic E-state index is 4.93. The third kappa shape index (κ3) is 9.88. The van der Waals surface area contributed by atoms with Crippen LogP contribution in [0.25, 0.3) is 43.8 Å². The van der Waals surface area contributed by atoms with Gasteiger partial charge in [-0.15, -0.1) is 55.9 Å². The molecule has 3 heteroatoms. The Morgan fingerprint density at radius 1 is 0.490 bits per heavy atom. The zero-order valence-electron chi connectivity index (χ0n) is 32.0. The van der Waals surface area contributed by atoms with Crippen molar-refractivity contribution in [3.63, 3.8) is 0 Å². The fourth-order valence-electron chi connectivity index (χ4n) is 6.76. The molecular weight excluding hydrogens is 715 g/mol. The van der Waals surface area contributed by atoms with Crippen molar-refractivity contribution in [2.24, 2.45) is 0 Å². The molecule has 0 saturated carbocycles. The molecule has 0 radical (unpaired) electrons. The molecule has 0 atom stereocenters. The van der Waals surface area contributed by atoms with Crippen molar-refractivity contribution < 1.29 is 20.8 Å². The van der Waals surface area contributed by atoms with Crippen LogP contribution >= 0.6 is 17.0 Å². The number of benzene rings is 4. The second-order valence-electron chi connectivity index (χ2n) is 14.1. The van der Waals surface area contributed by atoms with Gasteiger partial charge in [0.2, 0.25) is 0 Å². The summed E-state index contributed by atoms with van der Waals surface area (Å²) in [7, 11) is 9.87. The van der Waals surface area contributed by atoms with Crippen LogP contribution in [0.2, 0.25) is 0 Å². The third-order valence-corrected chi connectivity index (χ3v) is 9.52. The number of halogens is 2. The summed E-state index contributed by atoms with van der Waals surface area (Å²) in [5.41, 5.74) is 19.2. The zero-order valence-corrected chi connectivity index (χ0v) is 36.0. The predicted octanol–water partition coefficient (Wildman–Crippen LogP) is 15.4. The van der Waals surface area contributed by atoms with E-state index in [1.807, 2.05) is 0 Å². The van der Waals surface area contributed by atoms with Crippen LogP contribution in [-0.2, 0) is 20.8 Å². The van der Waals surface area contributed by atoms with E-state index in [9.17, 15) is 0 Å². The van der Waals surface area contributed by atoms with Gasteiger partial charge in [0.25, 0.3) is 0 Å². The SMILES string of the molecule is Cc1cc(C)cc(-c2cc(C)c(C)c3[cH-]c(C(C)C)cc23)c1.Cc1cc(C)cc(-c2cc(C)c(C)c3[cH-]c(C(C)C)cc23)c1.[CH2-]C.[Cl][Zr][Cl]. The van der Waals surface area contributed by atoms with Crippen molar-refractivity contribution in [1.29, 1.82) is 0 Å². The molecule has 260 valence electrons. The average molecular weight is 770 g/mol. The molecule has 0 aliphatic carbocycles. The van der Waals surface area contributed by atoms with Gasteiger partial charge in [-0.05, 0) is 64.5 Å². The van der Waals surface area contributed by atoms with Gasteiger partial charge in [0.05, 0.1) is 0 Å². The summed E-state index contributed by atoms with van der Waals surface area (Å²) < 4.78 is 0. The van der Waals surface area contributed by atoms with E-state index in [4.69, 9.17) is 17.0 Å². The number of fused-ring (bicyclic) bond motifs is 2. The molecule has 0 fully saturated rings. The first kappa shape index (κ1) is 41.0. The fourth-order valence-corrected chi connectivity index (χ4v) is 6.76. The van der Waals surface area contributed by atoms with E-state index in [2.05, 4.69) is 163 Å². The van der Waals surface area contributed by atoms with Gasteiger partial charge in [-0.1, -0.05) is 135 Å². The van der Waals surface area contributed by atoms with Crippen LogP contribution in [0.5, 0.6) is 0 Å². The summed E-state index contributed by atoms with van der Waals surface area (Å²) in [6, 6.07) is 28.0. The molecule has 0 saturated heterocycles. The molecule has 0 nitrogen and oxygen atoms in total. The van der Waals surface area contributed by atoms with E-state index in [0.29, 0.717) is 11.8 Å². The summed E-state index contributed by atoms with van der Waals surface area (Å²) in [4.78, 5) is 0. The van der Waals surface area contributed by atoms with Gasteiger partial charge in [-0.3, -0.25) is 0 Å². The van der Waals surface area contributed by atoms with E-state index in [1.165, 1.54) is 99.4 Å². The van der Waals surface area contributed by atoms with E-state index >= 15 is 0 Å². The predicted molar refractivity (Wildman–Crippen MR) is 219 cm³/mol. The van der Waals surface area contributed by atoms with Crippen LogP contribution in [0.15, 0.2) is 72.8 Å². The van der Waals surface area contributed by atoms with Crippen LogP contribution in [0.1, 0.15) is 102 Å². The Bertz CT molecular complexity index is 1830. The number of rotatable bonds is 4. The molecule has 0 aliphatic heterocycles. The number of aryl methyl sites for hydroxylation is 8. The van der Waals surface area contributed by atoms with Crippen LogP contribution in [0.4, 0.5) is 0 Å². The first-order valence-electron chi connectivity index (χ1n) is 17.4. The minimum absolute atomic E-state index is 0.569. The first-order valence-corrected chi connectivity index (χ1v) is 23.7. The first-order chi connectivity index (χ1) is 23.1. The summed E-state index contributed by atoms with van der Waals surface area (Å²) in [6.07, 6.45) is 0. The molecule has 0 aliphatic rings. The zero-order chi connectivity index (χ0) is 36.7. The monoisotopic (exact) mass is 767 g/mol. The van der Waals surface area contributed by atoms with Gasteiger partial charge in [-0.2, -0.15) is 19.1 Å². The Labute approximate surface area is 316 Å². The van der Waals surface area contributed by atoms with Crippen LogP contribution < -0.4 is 0 Å². The summed E-state index contributed by atoms with van der Waals surface area (Å²) in [6.45, 7) is 31.7. The van der Waals surface area contributed by atoms with E-state index < -0.39 is 20.8 Å². The van der Waals surface area contributed by atoms with E-state index in [0.717, 1.165) is 0 Å². The van der Waals surface area contributed by atoms with Crippen molar-refractivity contribution >= 4 is 38.6 Å². The van der Waals surface area contributed by atoms with Gasteiger partial charge in [0.15, 0.2) is 0 Å². The van der Waals surface area contributed by atoms with Crippen LogP contribution in [0.3, 0.4) is 0 Å². The Hall–Kier alpha value is -2.44. The molecular formula is C46H55Cl2Zr-3. The van der Waals surface area contributed by atoms with Gasteiger partial charge < -0.3 is 6.92 Å². The molecule has 0 bridgehead atoms. The van der Waals surface area contributed by atoms with E-state index in [1.54, 1.807) is 6.92 Å². The summed E-state index contributed by atoms with van der Waals surface area (Å²) >= 11 is -0.826. The van der Waals surface area contributed by atoms with Crippen molar-refractivity contribution in [1.82, 2.24) is 0 Å². The van der Waals surface area contributed by atoms with Gasteiger partial charge in [-0.25, -0.2) is 0 Å². The van der Waals surface area contributed by atoms with Gasteiger partial charge >= 0.3 is 37.9 Å².